The van der Waals surface area contributed by atoms with Gasteiger partial charge >= 0.3 is 0 Å². The first-order valence-corrected chi connectivity index (χ1v) is 10.2. The van der Waals surface area contributed by atoms with E-state index in [4.69, 9.17) is 0 Å². The second-order valence-electron chi connectivity index (χ2n) is 5.75. The monoisotopic (exact) mass is 397 g/mol. The van der Waals surface area contributed by atoms with Gasteiger partial charge in [-0.2, -0.15) is 16.4 Å². The van der Waals surface area contributed by atoms with Crippen LogP contribution < -0.4 is 4.72 Å². The number of sulfonamides is 1. The fraction of sp³-hybridized carbons (Fsp3) is 0.235. The zero-order chi connectivity index (χ0) is 18.9. The maximum Gasteiger partial charge on any atom is 0.243 e. The van der Waals surface area contributed by atoms with Crippen LogP contribution in [0, 0.1) is 25.5 Å². The predicted molar refractivity (Wildman–Crippen MR) is 96.6 cm³/mol. The molecule has 26 heavy (non-hydrogen) atoms. The largest absolute Gasteiger partial charge is 0.268 e. The number of thiophene rings is 1. The molecule has 0 aliphatic heterocycles. The molecule has 1 aromatic carbocycles. The number of benzene rings is 1. The Labute approximate surface area is 154 Å². The van der Waals surface area contributed by atoms with E-state index in [2.05, 4.69) is 9.82 Å². The van der Waals surface area contributed by atoms with E-state index in [0.717, 1.165) is 34.6 Å². The third-order valence-corrected chi connectivity index (χ3v) is 6.15. The minimum atomic E-state index is -4.15. The molecule has 0 radical (unpaired) electrons. The summed E-state index contributed by atoms with van der Waals surface area (Å²) in [5.74, 6) is -1.81. The van der Waals surface area contributed by atoms with Gasteiger partial charge in [0.2, 0.25) is 10.0 Å². The molecule has 0 saturated carbocycles. The van der Waals surface area contributed by atoms with E-state index in [1.54, 1.807) is 16.0 Å². The first-order valence-electron chi connectivity index (χ1n) is 7.81. The van der Waals surface area contributed by atoms with E-state index in [1.165, 1.54) is 0 Å². The van der Waals surface area contributed by atoms with E-state index < -0.39 is 26.6 Å². The molecule has 0 aliphatic carbocycles. The Morgan fingerprint density at radius 1 is 1.23 bits per heavy atom. The van der Waals surface area contributed by atoms with Crippen molar-refractivity contribution in [1.82, 2.24) is 14.5 Å². The average molecular weight is 397 g/mol. The molecule has 0 atom stereocenters. The number of aromatic nitrogens is 2. The fourth-order valence-electron chi connectivity index (χ4n) is 2.79. The molecule has 3 rings (SSSR count). The molecule has 0 saturated heterocycles. The van der Waals surface area contributed by atoms with Crippen molar-refractivity contribution in [1.29, 1.82) is 0 Å². The van der Waals surface area contributed by atoms with Crippen molar-refractivity contribution in [3.8, 4) is 11.1 Å². The highest BCUT2D eigenvalue weighted by molar-refractivity contribution is 7.89. The van der Waals surface area contributed by atoms with Crippen molar-refractivity contribution in [3.05, 3.63) is 58.0 Å². The molecule has 2 aromatic heterocycles. The van der Waals surface area contributed by atoms with Crippen LogP contribution >= 0.6 is 11.3 Å². The van der Waals surface area contributed by atoms with Gasteiger partial charge in [-0.25, -0.2) is 21.9 Å². The Morgan fingerprint density at radius 2 is 2.00 bits per heavy atom. The van der Waals surface area contributed by atoms with Gasteiger partial charge in [0.1, 0.15) is 16.5 Å². The lowest BCUT2D eigenvalue weighted by molar-refractivity contribution is 0.535. The Kier molecular flexibility index (Phi) is 5.22. The zero-order valence-electron chi connectivity index (χ0n) is 14.2. The number of rotatable bonds is 6. The predicted octanol–water partition coefficient (Wildman–Crippen LogP) is 3.49. The molecule has 1 N–H and O–H groups in total. The third kappa shape index (κ3) is 3.69. The highest BCUT2D eigenvalue weighted by Gasteiger charge is 2.20. The molecule has 2 heterocycles. The number of nitrogens with zero attached hydrogens (tertiary/aromatic N) is 2. The second-order valence-corrected chi connectivity index (χ2v) is 8.27. The lowest BCUT2D eigenvalue weighted by Crippen LogP contribution is -2.28. The van der Waals surface area contributed by atoms with E-state index in [-0.39, 0.29) is 13.1 Å². The van der Waals surface area contributed by atoms with Crippen molar-refractivity contribution in [3.63, 3.8) is 0 Å². The van der Waals surface area contributed by atoms with Crippen LogP contribution in [0.3, 0.4) is 0 Å². The smallest absolute Gasteiger partial charge is 0.243 e. The van der Waals surface area contributed by atoms with Crippen LogP contribution in [-0.4, -0.2) is 24.7 Å². The molecular weight excluding hydrogens is 380 g/mol. The molecular formula is C17H17F2N3O2S2. The standard InChI is InChI=1S/C17H17F2N3O2S2/c1-11-17(13-5-8-25-10-13)12(2)22(21-11)7-6-20-26(23,24)16-9-14(18)3-4-15(16)19/h3-5,8-10,20H,6-7H2,1-2H3. The van der Waals surface area contributed by atoms with Gasteiger partial charge in [0.25, 0.3) is 0 Å². The van der Waals surface area contributed by atoms with Crippen molar-refractivity contribution >= 4 is 21.4 Å². The summed E-state index contributed by atoms with van der Waals surface area (Å²) in [7, 11) is -4.15. The van der Waals surface area contributed by atoms with Crippen molar-refractivity contribution in [2.75, 3.05) is 6.54 Å². The molecule has 0 unspecified atom stereocenters. The summed E-state index contributed by atoms with van der Waals surface area (Å²) in [5.41, 5.74) is 3.85. The molecule has 0 bridgehead atoms. The first-order chi connectivity index (χ1) is 12.3. The second kappa shape index (κ2) is 7.26. The fourth-order valence-corrected chi connectivity index (χ4v) is 4.54. The molecule has 0 amide bonds. The van der Waals surface area contributed by atoms with Gasteiger partial charge in [0.15, 0.2) is 0 Å². The summed E-state index contributed by atoms with van der Waals surface area (Å²) in [6.07, 6.45) is 0. The van der Waals surface area contributed by atoms with Gasteiger partial charge < -0.3 is 0 Å². The van der Waals surface area contributed by atoms with Gasteiger partial charge in [-0.3, -0.25) is 4.68 Å². The van der Waals surface area contributed by atoms with E-state index in [9.17, 15) is 17.2 Å². The maximum absolute atomic E-state index is 13.7. The molecule has 9 heteroatoms. The summed E-state index contributed by atoms with van der Waals surface area (Å²) >= 11 is 1.59. The van der Waals surface area contributed by atoms with Gasteiger partial charge in [0, 0.05) is 17.8 Å². The lowest BCUT2D eigenvalue weighted by Gasteiger charge is -2.09. The van der Waals surface area contributed by atoms with Gasteiger partial charge in [-0.05, 0) is 54.4 Å². The van der Waals surface area contributed by atoms with Crippen LogP contribution in [0.5, 0.6) is 0 Å². The highest BCUT2D eigenvalue weighted by Crippen LogP contribution is 2.28. The van der Waals surface area contributed by atoms with Crippen molar-refractivity contribution in [2.24, 2.45) is 0 Å². The Hall–Kier alpha value is -2.10. The first kappa shape index (κ1) is 18.7. The SMILES string of the molecule is Cc1nn(CCNS(=O)(=O)c2cc(F)ccc2F)c(C)c1-c1ccsc1. The van der Waals surface area contributed by atoms with Gasteiger partial charge in [-0.1, -0.05) is 0 Å². The van der Waals surface area contributed by atoms with Crippen LogP contribution in [-0.2, 0) is 16.6 Å². The number of aryl methyl sites for hydroxylation is 1. The third-order valence-electron chi connectivity index (χ3n) is 3.99. The number of nitrogens with one attached hydrogen (secondary N) is 1. The molecule has 0 aliphatic rings. The minimum Gasteiger partial charge on any atom is -0.268 e. The molecule has 3 aromatic rings. The lowest BCUT2D eigenvalue weighted by atomic mass is 10.1. The van der Waals surface area contributed by atoms with E-state index >= 15 is 0 Å². The van der Waals surface area contributed by atoms with Crippen LogP contribution in [0.25, 0.3) is 11.1 Å². The van der Waals surface area contributed by atoms with Crippen LogP contribution in [0.15, 0.2) is 39.9 Å². The van der Waals surface area contributed by atoms with E-state index in [1.807, 2.05) is 30.7 Å². The Morgan fingerprint density at radius 3 is 2.69 bits per heavy atom. The highest BCUT2D eigenvalue weighted by atomic mass is 32.2. The topological polar surface area (TPSA) is 64.0 Å². The van der Waals surface area contributed by atoms with Crippen molar-refractivity contribution < 1.29 is 17.2 Å². The van der Waals surface area contributed by atoms with Gasteiger partial charge in [-0.15, -0.1) is 0 Å². The molecule has 138 valence electrons. The molecule has 0 spiro atoms. The van der Waals surface area contributed by atoms with Gasteiger partial charge in [0.05, 0.1) is 12.2 Å². The van der Waals surface area contributed by atoms with Crippen LogP contribution in [0.2, 0.25) is 0 Å². The maximum atomic E-state index is 13.7. The quantitative estimate of drug-likeness (QED) is 0.693. The molecule has 0 fully saturated rings. The summed E-state index contributed by atoms with van der Waals surface area (Å²) < 4.78 is 55.3. The Bertz CT molecular complexity index is 1030. The van der Waals surface area contributed by atoms with Crippen LogP contribution in [0.4, 0.5) is 8.78 Å². The average Bonchev–Trinajstić information content (AvgIpc) is 3.18. The zero-order valence-corrected chi connectivity index (χ0v) is 15.8. The summed E-state index contributed by atoms with van der Waals surface area (Å²) in [4.78, 5) is -0.704. The van der Waals surface area contributed by atoms with Crippen LogP contribution in [0.1, 0.15) is 11.4 Å². The number of hydrogen-bond donors (Lipinski definition) is 1. The normalized spacial score (nSPS) is 11.8. The number of hydrogen-bond acceptors (Lipinski definition) is 4. The Balaban J connectivity index is 1.74. The molecule has 5 nitrogen and oxygen atoms in total. The number of halogens is 2. The summed E-state index contributed by atoms with van der Waals surface area (Å²) in [5, 5.41) is 8.45. The van der Waals surface area contributed by atoms with Crippen molar-refractivity contribution in [2.45, 2.75) is 25.3 Å². The van der Waals surface area contributed by atoms with E-state index in [0.29, 0.717) is 6.07 Å². The minimum absolute atomic E-state index is 0.00330. The summed E-state index contributed by atoms with van der Waals surface area (Å²) in [6, 6.07) is 4.32. The summed E-state index contributed by atoms with van der Waals surface area (Å²) in [6.45, 7) is 4.08.